The number of nitrogens with zero attached hydrogens (tertiary/aromatic N) is 1. The molecule has 33 heavy (non-hydrogen) atoms. The van der Waals surface area contributed by atoms with E-state index in [4.69, 9.17) is 88.7 Å². The van der Waals surface area contributed by atoms with E-state index in [1.54, 1.807) is 0 Å². The third kappa shape index (κ3) is 2.82. The maximum absolute atomic E-state index is 13.2. The van der Waals surface area contributed by atoms with Gasteiger partial charge in [-0.15, -0.1) is 28.3 Å². The van der Waals surface area contributed by atoms with Crippen LogP contribution in [0.3, 0.4) is 0 Å². The number of allylic oxidation sites excluding steroid dienone is 2. The molecule has 1 heterocycles. The largest absolute Gasteiger partial charge is 0.493 e. The van der Waals surface area contributed by atoms with Crippen molar-refractivity contribution < 1.29 is 33.4 Å². The van der Waals surface area contributed by atoms with Crippen molar-refractivity contribution >= 4 is 87.4 Å². The number of hydrogen-bond donors (Lipinski definition) is 0. The first-order valence-electron chi connectivity index (χ1n) is 9.06. The molecule has 178 valence electrons. The zero-order valence-corrected chi connectivity index (χ0v) is 21.4. The molecule has 0 N–H and O–H groups in total. The van der Waals surface area contributed by atoms with Gasteiger partial charge in [0.2, 0.25) is 5.75 Å². The van der Waals surface area contributed by atoms with Crippen LogP contribution in [0.2, 0.25) is 0 Å². The topological polar surface area (TPSA) is 91.4 Å². The molecule has 1 saturated heterocycles. The first kappa shape index (κ1) is 24.8. The third-order valence-corrected chi connectivity index (χ3v) is 10.2. The maximum atomic E-state index is 13.2. The molecule has 0 radical (unpaired) electrons. The van der Waals surface area contributed by atoms with Crippen LogP contribution in [0.5, 0.6) is 17.2 Å². The zero-order chi connectivity index (χ0) is 24.7. The highest BCUT2D eigenvalue weighted by molar-refractivity contribution is 6.66. The number of carbonyl (C=O) groups excluding carboxylic acids is 3. The maximum Gasteiger partial charge on any atom is 0.364 e. The van der Waals surface area contributed by atoms with Gasteiger partial charge in [0.05, 0.1) is 48.8 Å². The molecular weight excluding hydrogens is 567 g/mol. The normalized spacial score (nSPS) is 31.7. The molecule has 0 spiro atoms. The van der Waals surface area contributed by atoms with E-state index in [-0.39, 0.29) is 37.9 Å². The summed E-state index contributed by atoms with van der Waals surface area (Å²) in [6.45, 7) is 0. The zero-order valence-electron chi connectivity index (χ0n) is 16.9. The molecule has 2 fully saturated rings. The number of hydroxylamine groups is 2. The summed E-state index contributed by atoms with van der Waals surface area (Å²) >= 11 is 38.5. The second-order valence-corrected chi connectivity index (χ2v) is 10.6. The Balaban J connectivity index is 1.69. The fourth-order valence-electron chi connectivity index (χ4n) is 4.39. The number of benzene rings is 1. The summed E-state index contributed by atoms with van der Waals surface area (Å²) in [5.41, 5.74) is -0.107. The molecule has 4 unspecified atom stereocenters. The van der Waals surface area contributed by atoms with Crippen molar-refractivity contribution in [1.82, 2.24) is 5.06 Å². The number of hydrogen-bond acceptors (Lipinski definition) is 7. The molecule has 0 aromatic heterocycles. The van der Waals surface area contributed by atoms with Crippen molar-refractivity contribution in [3.05, 3.63) is 27.8 Å². The molecule has 8 nitrogen and oxygen atoms in total. The van der Waals surface area contributed by atoms with Crippen molar-refractivity contribution in [2.45, 2.75) is 14.1 Å². The SMILES string of the molecule is COc1cc(C(=O)ON2C(=O)C3C(C2=O)C2(Cl)C(Cl)=C(Cl)C3(Cl)C2(Cl)Cl)cc(OC)c1OC. The summed E-state index contributed by atoms with van der Waals surface area (Å²) in [7, 11) is 4.08. The van der Waals surface area contributed by atoms with Crippen LogP contribution in [-0.2, 0) is 14.4 Å². The van der Waals surface area contributed by atoms with Crippen molar-refractivity contribution in [1.29, 1.82) is 0 Å². The van der Waals surface area contributed by atoms with Gasteiger partial charge in [-0.2, -0.15) is 0 Å². The molecule has 2 amide bonds. The van der Waals surface area contributed by atoms with Gasteiger partial charge in [0.15, 0.2) is 15.8 Å². The van der Waals surface area contributed by atoms with Crippen LogP contribution in [-0.4, -0.2) is 58.3 Å². The van der Waals surface area contributed by atoms with Gasteiger partial charge in [-0.3, -0.25) is 9.59 Å². The Morgan fingerprint density at radius 3 is 1.64 bits per heavy atom. The molecule has 4 atom stereocenters. The Bertz CT molecular complexity index is 1070. The Kier molecular flexibility index (Phi) is 5.92. The summed E-state index contributed by atoms with van der Waals surface area (Å²) in [5.74, 6) is -5.43. The molecule has 1 saturated carbocycles. The predicted octanol–water partition coefficient (Wildman–Crippen LogP) is 4.23. The summed E-state index contributed by atoms with van der Waals surface area (Å²) < 4.78 is 13.5. The van der Waals surface area contributed by atoms with E-state index < -0.39 is 43.7 Å². The second kappa shape index (κ2) is 7.86. The molecular formula is C19H13Cl6NO7. The molecule has 1 aromatic rings. The molecule has 3 aliphatic rings. The van der Waals surface area contributed by atoms with Gasteiger partial charge in [-0.1, -0.05) is 46.4 Å². The Morgan fingerprint density at radius 2 is 1.27 bits per heavy atom. The number of imide groups is 1. The molecule has 4 rings (SSSR count). The summed E-state index contributed by atoms with van der Waals surface area (Å²) in [5, 5.41) is -0.255. The van der Waals surface area contributed by atoms with Crippen molar-refractivity contribution in [3.63, 3.8) is 0 Å². The lowest BCUT2D eigenvalue weighted by Gasteiger charge is -2.34. The van der Waals surface area contributed by atoms with Crippen LogP contribution in [0.25, 0.3) is 0 Å². The van der Waals surface area contributed by atoms with Gasteiger partial charge in [-0.05, 0) is 12.1 Å². The summed E-state index contributed by atoms with van der Waals surface area (Å²) in [4.78, 5) is 40.3. The van der Waals surface area contributed by atoms with Gasteiger partial charge in [0.25, 0.3) is 11.8 Å². The predicted molar refractivity (Wildman–Crippen MR) is 121 cm³/mol. The van der Waals surface area contributed by atoms with Gasteiger partial charge >= 0.3 is 5.97 Å². The minimum Gasteiger partial charge on any atom is -0.493 e. The first-order chi connectivity index (χ1) is 15.3. The van der Waals surface area contributed by atoms with Crippen LogP contribution in [0.15, 0.2) is 22.2 Å². The highest BCUT2D eigenvalue weighted by atomic mass is 35.5. The number of rotatable bonds is 5. The lowest BCUT2D eigenvalue weighted by Crippen LogP contribution is -2.50. The quantitative estimate of drug-likeness (QED) is 0.381. The van der Waals surface area contributed by atoms with E-state index in [1.807, 2.05) is 0 Å². The summed E-state index contributed by atoms with van der Waals surface area (Å²) in [6.07, 6.45) is 0. The average Bonchev–Trinajstić information content (AvgIpc) is 3.16. The number of carbonyl (C=O) groups is 3. The molecule has 1 aromatic carbocycles. The molecule has 2 bridgehead atoms. The van der Waals surface area contributed by atoms with E-state index >= 15 is 0 Å². The number of ether oxygens (including phenoxy) is 3. The molecule has 1 aliphatic heterocycles. The summed E-state index contributed by atoms with van der Waals surface area (Å²) in [6, 6.07) is 2.56. The standard InChI is InChI=1S/C19H13Cl6NO7/c1-30-7-4-6(5-8(31-2)11(7)32-3)16(29)33-26-14(27)9-10(15(26)28)18(23)13(21)12(20)17(9,22)19(18,24)25/h4-5,9-10H,1-3H3. The van der Waals surface area contributed by atoms with E-state index in [0.717, 1.165) is 0 Å². The number of fused-ring (bicyclic) bond motifs is 5. The van der Waals surface area contributed by atoms with E-state index in [2.05, 4.69) is 0 Å². The number of halogens is 6. The van der Waals surface area contributed by atoms with Gasteiger partial charge < -0.3 is 19.0 Å². The van der Waals surface area contributed by atoms with Crippen LogP contribution in [0.4, 0.5) is 0 Å². The van der Waals surface area contributed by atoms with Crippen LogP contribution < -0.4 is 14.2 Å². The van der Waals surface area contributed by atoms with E-state index in [0.29, 0.717) is 0 Å². The monoisotopic (exact) mass is 577 g/mol. The number of methoxy groups -OCH3 is 3. The lowest BCUT2D eigenvalue weighted by molar-refractivity contribution is -0.175. The highest BCUT2D eigenvalue weighted by Crippen LogP contribution is 2.77. The average molecular weight is 580 g/mol. The van der Waals surface area contributed by atoms with E-state index in [9.17, 15) is 14.4 Å². The van der Waals surface area contributed by atoms with Crippen LogP contribution >= 0.6 is 69.6 Å². The Hall–Kier alpha value is -1.29. The number of amides is 2. The Labute approximate surface area is 217 Å². The van der Waals surface area contributed by atoms with Gasteiger partial charge in [0.1, 0.15) is 9.75 Å². The van der Waals surface area contributed by atoms with Gasteiger partial charge in [0, 0.05) is 0 Å². The van der Waals surface area contributed by atoms with Crippen molar-refractivity contribution in [2.75, 3.05) is 21.3 Å². The first-order valence-corrected chi connectivity index (χ1v) is 11.3. The third-order valence-electron chi connectivity index (χ3n) is 5.94. The fraction of sp³-hybridized carbons (Fsp3) is 0.421. The van der Waals surface area contributed by atoms with Crippen LogP contribution in [0.1, 0.15) is 10.4 Å². The highest BCUT2D eigenvalue weighted by Gasteiger charge is 2.88. The van der Waals surface area contributed by atoms with Gasteiger partial charge in [-0.25, -0.2) is 4.79 Å². The minimum atomic E-state index is -2.09. The van der Waals surface area contributed by atoms with Crippen LogP contribution in [0, 0.1) is 11.8 Å². The fourth-order valence-corrected chi connectivity index (χ4v) is 7.32. The van der Waals surface area contributed by atoms with Crippen molar-refractivity contribution in [3.8, 4) is 17.2 Å². The second-order valence-electron chi connectivity index (χ2n) is 7.34. The van der Waals surface area contributed by atoms with Crippen molar-refractivity contribution in [2.24, 2.45) is 11.8 Å². The van der Waals surface area contributed by atoms with E-state index in [1.165, 1.54) is 33.5 Å². The minimum absolute atomic E-state index is 0.107. The number of alkyl halides is 4. The lowest BCUT2D eigenvalue weighted by atomic mass is 9.84. The molecule has 14 heteroatoms. The molecule has 2 aliphatic carbocycles. The smallest absolute Gasteiger partial charge is 0.364 e. The Morgan fingerprint density at radius 1 is 0.848 bits per heavy atom.